The van der Waals surface area contributed by atoms with Crippen LogP contribution in [0.4, 0.5) is 0 Å². The summed E-state index contributed by atoms with van der Waals surface area (Å²) in [4.78, 5) is 12.3. The molecule has 1 aliphatic rings. The Bertz CT molecular complexity index is 518. The summed E-state index contributed by atoms with van der Waals surface area (Å²) in [6.45, 7) is 0.713. The molecule has 70 valence electrons. The summed E-state index contributed by atoms with van der Waals surface area (Å²) < 4.78 is 1.18. The second kappa shape index (κ2) is 2.80. The van der Waals surface area contributed by atoms with Gasteiger partial charge in [-0.25, -0.2) is 5.43 Å². The van der Waals surface area contributed by atoms with Crippen molar-refractivity contribution in [2.24, 2.45) is 0 Å². The zero-order valence-electron chi connectivity index (χ0n) is 7.33. The highest BCUT2D eigenvalue weighted by atomic mass is 32.1. The second-order valence-electron chi connectivity index (χ2n) is 3.21. The number of thiophene rings is 1. The lowest BCUT2D eigenvalue weighted by Gasteiger charge is -2.13. The molecule has 2 heterocycles. The lowest BCUT2D eigenvalue weighted by Crippen LogP contribution is -2.41. The molecule has 0 bridgehead atoms. The maximum Gasteiger partial charge on any atom is 0.275 e. The van der Waals surface area contributed by atoms with Crippen molar-refractivity contribution in [2.75, 3.05) is 0 Å². The van der Waals surface area contributed by atoms with E-state index in [1.807, 2.05) is 18.2 Å². The summed E-state index contributed by atoms with van der Waals surface area (Å²) >= 11 is 1.56. The first-order valence-corrected chi connectivity index (χ1v) is 5.21. The van der Waals surface area contributed by atoms with Crippen molar-refractivity contribution in [3.8, 4) is 0 Å². The summed E-state index contributed by atoms with van der Waals surface area (Å²) in [6, 6.07) is 8.11. The number of carbonyl (C=O) groups is 1. The van der Waals surface area contributed by atoms with E-state index >= 15 is 0 Å². The fourth-order valence-corrected chi connectivity index (χ4v) is 2.84. The molecule has 1 aromatic carbocycles. The molecule has 0 saturated heterocycles. The monoisotopic (exact) mass is 204 g/mol. The van der Waals surface area contributed by atoms with E-state index in [4.69, 9.17) is 0 Å². The Morgan fingerprint density at radius 1 is 1.29 bits per heavy atom. The zero-order valence-corrected chi connectivity index (χ0v) is 8.15. The molecular formula is C10H8N2OS. The lowest BCUT2D eigenvalue weighted by molar-refractivity contribution is 0.0925. The molecule has 0 radical (unpaired) electrons. The van der Waals surface area contributed by atoms with Gasteiger partial charge in [-0.15, -0.1) is 11.3 Å². The van der Waals surface area contributed by atoms with E-state index in [-0.39, 0.29) is 5.91 Å². The van der Waals surface area contributed by atoms with Crippen molar-refractivity contribution in [1.29, 1.82) is 0 Å². The van der Waals surface area contributed by atoms with Crippen LogP contribution >= 0.6 is 11.3 Å². The molecule has 1 amide bonds. The topological polar surface area (TPSA) is 41.1 Å². The quantitative estimate of drug-likeness (QED) is 0.685. The molecule has 14 heavy (non-hydrogen) atoms. The Labute approximate surface area is 84.7 Å². The van der Waals surface area contributed by atoms with E-state index in [2.05, 4.69) is 16.9 Å². The van der Waals surface area contributed by atoms with Gasteiger partial charge in [-0.1, -0.05) is 18.2 Å². The molecule has 0 spiro atoms. The van der Waals surface area contributed by atoms with Gasteiger partial charge in [0.25, 0.3) is 5.91 Å². The normalized spacial score (nSPS) is 15.3. The summed E-state index contributed by atoms with van der Waals surface area (Å²) in [5, 5.41) is 1.19. The summed E-state index contributed by atoms with van der Waals surface area (Å²) in [7, 11) is 0. The van der Waals surface area contributed by atoms with E-state index < -0.39 is 0 Å². The largest absolute Gasteiger partial charge is 0.286 e. The van der Waals surface area contributed by atoms with Crippen LogP contribution in [0.1, 0.15) is 15.2 Å². The molecule has 0 unspecified atom stereocenters. The number of hydrogen-bond acceptors (Lipinski definition) is 3. The number of rotatable bonds is 0. The third kappa shape index (κ3) is 0.981. The molecule has 0 atom stereocenters. The van der Waals surface area contributed by atoms with Crippen molar-refractivity contribution in [3.63, 3.8) is 0 Å². The SMILES string of the molecule is O=C1NNCc2c1sc1ccccc21. The molecular weight excluding hydrogens is 196 g/mol. The predicted octanol–water partition coefficient (Wildman–Crippen LogP) is 1.65. The van der Waals surface area contributed by atoms with Crippen LogP contribution in [0.2, 0.25) is 0 Å². The molecule has 0 aliphatic carbocycles. The average molecular weight is 204 g/mol. The Morgan fingerprint density at radius 3 is 3.07 bits per heavy atom. The zero-order chi connectivity index (χ0) is 9.54. The van der Waals surface area contributed by atoms with E-state index in [9.17, 15) is 4.79 Å². The minimum absolute atomic E-state index is 0.0209. The number of nitrogens with one attached hydrogen (secondary N) is 2. The Hall–Kier alpha value is -1.39. The van der Waals surface area contributed by atoms with E-state index in [0.29, 0.717) is 6.54 Å². The maximum absolute atomic E-state index is 11.5. The average Bonchev–Trinajstić information content (AvgIpc) is 2.59. The minimum Gasteiger partial charge on any atom is -0.286 e. The lowest BCUT2D eigenvalue weighted by atomic mass is 10.1. The molecule has 3 nitrogen and oxygen atoms in total. The molecule has 3 rings (SSSR count). The third-order valence-corrected chi connectivity index (χ3v) is 3.58. The fourth-order valence-electron chi connectivity index (χ4n) is 1.73. The van der Waals surface area contributed by atoms with Gasteiger partial charge in [0.1, 0.15) is 0 Å². The number of hydrogen-bond donors (Lipinski definition) is 2. The molecule has 0 saturated carbocycles. The second-order valence-corrected chi connectivity index (χ2v) is 4.27. The first kappa shape index (κ1) is 7.96. The Morgan fingerprint density at radius 2 is 2.14 bits per heavy atom. The van der Waals surface area contributed by atoms with Gasteiger partial charge in [0.15, 0.2) is 0 Å². The highest BCUT2D eigenvalue weighted by Crippen LogP contribution is 2.31. The molecule has 4 heteroatoms. The van der Waals surface area contributed by atoms with E-state index in [1.165, 1.54) is 10.1 Å². The van der Waals surface area contributed by atoms with Crippen LogP contribution < -0.4 is 10.9 Å². The fraction of sp³-hybridized carbons (Fsp3) is 0.100. The standard InChI is InChI=1S/C10H8N2OS/c13-10-9-7(5-11-12-10)6-3-1-2-4-8(6)14-9/h1-4,11H,5H2,(H,12,13). The summed E-state index contributed by atoms with van der Waals surface area (Å²) in [6.07, 6.45) is 0. The summed E-state index contributed by atoms with van der Waals surface area (Å²) in [5.74, 6) is -0.0209. The molecule has 2 aromatic rings. The van der Waals surface area contributed by atoms with Gasteiger partial charge in [-0.2, -0.15) is 0 Å². The van der Waals surface area contributed by atoms with Crippen molar-refractivity contribution < 1.29 is 4.79 Å². The molecule has 1 aromatic heterocycles. The van der Waals surface area contributed by atoms with Gasteiger partial charge >= 0.3 is 0 Å². The van der Waals surface area contributed by atoms with Crippen LogP contribution in [0, 0.1) is 0 Å². The van der Waals surface area contributed by atoms with Gasteiger partial charge in [-0.3, -0.25) is 10.2 Å². The Kier molecular flexibility index (Phi) is 1.59. The van der Waals surface area contributed by atoms with Crippen LogP contribution in [-0.2, 0) is 6.54 Å². The first-order valence-electron chi connectivity index (χ1n) is 4.40. The molecule has 0 fully saturated rings. The van der Waals surface area contributed by atoms with Gasteiger partial charge < -0.3 is 0 Å². The van der Waals surface area contributed by atoms with Crippen LogP contribution in [0.25, 0.3) is 10.1 Å². The first-order chi connectivity index (χ1) is 6.86. The van der Waals surface area contributed by atoms with Crippen molar-refractivity contribution in [1.82, 2.24) is 10.9 Å². The van der Waals surface area contributed by atoms with Crippen molar-refractivity contribution >= 4 is 27.3 Å². The van der Waals surface area contributed by atoms with Crippen LogP contribution in [0.5, 0.6) is 0 Å². The highest BCUT2D eigenvalue weighted by molar-refractivity contribution is 7.21. The van der Waals surface area contributed by atoms with Crippen LogP contribution in [-0.4, -0.2) is 5.91 Å². The van der Waals surface area contributed by atoms with Gasteiger partial charge in [-0.05, 0) is 17.0 Å². The van der Waals surface area contributed by atoms with Gasteiger partial charge in [0, 0.05) is 11.2 Å². The molecule has 2 N–H and O–H groups in total. The molecule has 1 aliphatic heterocycles. The number of fused-ring (bicyclic) bond motifs is 3. The number of carbonyl (C=O) groups excluding carboxylic acids is 1. The smallest absolute Gasteiger partial charge is 0.275 e. The predicted molar refractivity (Wildman–Crippen MR) is 56.1 cm³/mol. The highest BCUT2D eigenvalue weighted by Gasteiger charge is 2.21. The number of hydrazine groups is 1. The van der Waals surface area contributed by atoms with Gasteiger partial charge in [0.05, 0.1) is 4.88 Å². The maximum atomic E-state index is 11.5. The van der Waals surface area contributed by atoms with Crippen LogP contribution in [0.3, 0.4) is 0 Å². The number of benzene rings is 1. The van der Waals surface area contributed by atoms with Crippen molar-refractivity contribution in [3.05, 3.63) is 34.7 Å². The van der Waals surface area contributed by atoms with Crippen molar-refractivity contribution in [2.45, 2.75) is 6.54 Å². The third-order valence-electron chi connectivity index (χ3n) is 2.37. The van der Waals surface area contributed by atoms with Crippen LogP contribution in [0.15, 0.2) is 24.3 Å². The Balaban J connectivity index is 2.38. The van der Waals surface area contributed by atoms with E-state index in [1.54, 1.807) is 11.3 Å². The minimum atomic E-state index is -0.0209. The van der Waals surface area contributed by atoms with E-state index in [0.717, 1.165) is 10.4 Å². The number of amides is 1. The van der Waals surface area contributed by atoms with Gasteiger partial charge in [0.2, 0.25) is 0 Å². The summed E-state index contributed by atoms with van der Waals surface area (Å²) in [5.41, 5.74) is 6.62.